The monoisotopic (exact) mass is 658 g/mol. The summed E-state index contributed by atoms with van der Waals surface area (Å²) >= 11 is 0. The number of azo groups is 1. The molecule has 0 spiro atoms. The van der Waals surface area contributed by atoms with Gasteiger partial charge in [-0.3, -0.25) is 14.8 Å². The summed E-state index contributed by atoms with van der Waals surface area (Å²) in [7, 11) is -4.38. The van der Waals surface area contributed by atoms with E-state index in [9.17, 15) is 27.9 Å². The average molecular weight is 659 g/mol. The number of aliphatic carboxylic acids is 1. The summed E-state index contributed by atoms with van der Waals surface area (Å²) in [5, 5.41) is 34.9. The van der Waals surface area contributed by atoms with Crippen LogP contribution in [0.2, 0.25) is 0 Å². The maximum absolute atomic E-state index is 11.7. The molecule has 0 amide bonds. The fourth-order valence-corrected chi connectivity index (χ4v) is 4.43. The molecule has 0 atom stereocenters. The third-order valence-electron chi connectivity index (χ3n) is 6.16. The molecule has 0 aliphatic heterocycles. The Morgan fingerprint density at radius 3 is 1.98 bits per heavy atom. The van der Waals surface area contributed by atoms with Crippen molar-refractivity contribution in [3.63, 3.8) is 0 Å². The number of hydrogen-bond acceptors (Lipinski definition) is 10. The molecule has 1 aliphatic carbocycles. The molecule has 0 radical (unpaired) electrons. The molecule has 4 N–H and O–H groups in total. The number of aromatic carboxylic acids is 1. The van der Waals surface area contributed by atoms with Gasteiger partial charge >= 0.3 is 71.1 Å². The van der Waals surface area contributed by atoms with Crippen LogP contribution in [0.3, 0.4) is 0 Å². The first kappa shape index (κ1) is 36.4. The number of carbonyl (C=O) groups excluding carboxylic acids is 1. The number of carboxylic acid groups (broad SMARTS) is 2. The van der Waals surface area contributed by atoms with Crippen LogP contribution in [0.1, 0.15) is 10.5 Å². The maximum Gasteiger partial charge on any atom is 1.00 e. The van der Waals surface area contributed by atoms with Crippen LogP contribution in [0.15, 0.2) is 123 Å². The molecule has 1 aromatic heterocycles. The zero-order valence-electron chi connectivity index (χ0n) is 24.3. The van der Waals surface area contributed by atoms with Crippen LogP contribution >= 0.6 is 0 Å². The van der Waals surface area contributed by atoms with E-state index in [-0.39, 0.29) is 86.7 Å². The molecule has 4 aromatic rings. The molecule has 220 valence electrons. The SMILES string of the molecule is O=C(O)C1=C/C(=N/Nc2ccc(-c3ccc(N=Nc4cn(-c5ccc(S(=O)(=O)O)cc5)nc4C(=O)O)cc3)cc2)C=CC1=O.[Na+].[Na+]. The molecule has 0 bridgehead atoms. The Morgan fingerprint density at radius 2 is 1.41 bits per heavy atom. The first-order valence-corrected chi connectivity index (χ1v) is 14.0. The predicted octanol–water partition coefficient (Wildman–Crippen LogP) is -1.17. The number of carbonyl (C=O) groups is 3. The van der Waals surface area contributed by atoms with E-state index in [0.29, 0.717) is 17.1 Å². The molecule has 1 heterocycles. The second-order valence-corrected chi connectivity index (χ2v) is 10.5. The molecular formula is C29H20N6Na2O8S+2. The molecule has 0 fully saturated rings. The predicted molar refractivity (Wildman–Crippen MR) is 157 cm³/mol. The zero-order chi connectivity index (χ0) is 31.4. The number of ketones is 1. The van der Waals surface area contributed by atoms with Crippen LogP contribution in [0, 0.1) is 0 Å². The van der Waals surface area contributed by atoms with Gasteiger partial charge in [0.2, 0.25) is 0 Å². The van der Waals surface area contributed by atoms with Crippen LogP contribution in [0.5, 0.6) is 0 Å². The molecule has 0 saturated carbocycles. The van der Waals surface area contributed by atoms with Crippen molar-refractivity contribution in [3.8, 4) is 16.8 Å². The number of benzene rings is 3. The number of hydrazone groups is 1. The minimum Gasteiger partial charge on any atom is -0.478 e. The summed E-state index contributed by atoms with van der Waals surface area (Å²) in [6, 6.07) is 19.2. The quantitative estimate of drug-likeness (QED) is 0.0422. The van der Waals surface area contributed by atoms with Crippen molar-refractivity contribution >= 4 is 50.6 Å². The molecule has 0 unspecified atom stereocenters. The summed E-state index contributed by atoms with van der Waals surface area (Å²) in [6.45, 7) is 0. The Morgan fingerprint density at radius 1 is 0.804 bits per heavy atom. The van der Waals surface area contributed by atoms with E-state index in [1.165, 1.54) is 35.2 Å². The smallest absolute Gasteiger partial charge is 0.478 e. The number of nitrogens with zero attached hydrogens (tertiary/aromatic N) is 5. The topological polar surface area (TPSA) is 213 Å². The van der Waals surface area contributed by atoms with Gasteiger partial charge < -0.3 is 10.2 Å². The van der Waals surface area contributed by atoms with E-state index >= 15 is 0 Å². The van der Waals surface area contributed by atoms with Gasteiger partial charge in [0.1, 0.15) is 11.3 Å². The van der Waals surface area contributed by atoms with Gasteiger partial charge in [-0.05, 0) is 77.9 Å². The van der Waals surface area contributed by atoms with Crippen molar-refractivity contribution in [2.75, 3.05) is 5.43 Å². The normalized spacial score (nSPS) is 13.5. The first-order chi connectivity index (χ1) is 21.0. The van der Waals surface area contributed by atoms with Crippen molar-refractivity contribution in [1.82, 2.24) is 9.78 Å². The van der Waals surface area contributed by atoms with Crippen molar-refractivity contribution in [2.45, 2.75) is 4.90 Å². The number of allylic oxidation sites excluding steroid dienone is 3. The Kier molecular flexibility index (Phi) is 12.3. The minimum absolute atomic E-state index is 0. The molecular weight excluding hydrogens is 638 g/mol. The summed E-state index contributed by atoms with van der Waals surface area (Å²) in [6.07, 6.45) is 5.07. The van der Waals surface area contributed by atoms with E-state index < -0.39 is 27.8 Å². The molecule has 1 aliphatic rings. The van der Waals surface area contributed by atoms with Crippen LogP contribution in [-0.2, 0) is 19.7 Å². The van der Waals surface area contributed by atoms with Crippen LogP contribution in [0.4, 0.5) is 17.1 Å². The van der Waals surface area contributed by atoms with Crippen molar-refractivity contribution < 1.29 is 96.7 Å². The standard InChI is InChI=1S/C29H20N6O8S.2Na/c36-26-14-9-21(15-24(26)28(37)38)32-30-19-5-1-17(2-6-19)18-3-7-20(8-4-18)31-33-25-16-35(34-27(25)29(39)40)22-10-12-23(13-11-22)44(41,42)43;;/h1-16,30H,(H,37,38)(H,39,40)(H,41,42,43);;/q;2*+1/b32-21+,33-31?;;. The molecule has 5 rings (SSSR count). The molecule has 17 heteroatoms. The fourth-order valence-electron chi connectivity index (χ4n) is 3.95. The Balaban J connectivity index is 0.00000288. The third-order valence-corrected chi connectivity index (χ3v) is 7.03. The fraction of sp³-hybridized carbons (Fsp3) is 0. The number of nitrogens with one attached hydrogen (secondary N) is 1. The molecule has 46 heavy (non-hydrogen) atoms. The third kappa shape index (κ3) is 8.80. The number of aromatic nitrogens is 2. The van der Waals surface area contributed by atoms with Gasteiger partial charge in [-0.25, -0.2) is 14.3 Å². The van der Waals surface area contributed by atoms with E-state index in [1.807, 2.05) is 12.1 Å². The van der Waals surface area contributed by atoms with Crippen LogP contribution in [0.25, 0.3) is 16.8 Å². The van der Waals surface area contributed by atoms with Gasteiger partial charge in [0, 0.05) is 0 Å². The number of carboxylic acids is 2. The average Bonchev–Trinajstić information content (AvgIpc) is 3.44. The van der Waals surface area contributed by atoms with E-state index in [4.69, 9.17) is 9.66 Å². The van der Waals surface area contributed by atoms with Crippen molar-refractivity contribution in [2.24, 2.45) is 15.3 Å². The summed E-state index contributed by atoms with van der Waals surface area (Å²) in [5.41, 5.74) is 5.48. The van der Waals surface area contributed by atoms with Gasteiger partial charge in [0.05, 0.1) is 33.9 Å². The second kappa shape index (κ2) is 15.5. The van der Waals surface area contributed by atoms with Gasteiger partial charge in [-0.1, -0.05) is 24.3 Å². The second-order valence-electron chi connectivity index (χ2n) is 9.12. The Hall–Kier alpha value is -4.06. The zero-order valence-corrected chi connectivity index (χ0v) is 29.1. The van der Waals surface area contributed by atoms with E-state index in [2.05, 4.69) is 25.9 Å². The maximum atomic E-state index is 11.7. The van der Waals surface area contributed by atoms with Crippen molar-refractivity contribution in [3.05, 3.63) is 108 Å². The first-order valence-electron chi connectivity index (χ1n) is 12.5. The summed E-state index contributed by atoms with van der Waals surface area (Å²) in [5.74, 6) is -3.26. The van der Waals surface area contributed by atoms with Gasteiger partial charge in [0.15, 0.2) is 11.5 Å². The summed E-state index contributed by atoms with van der Waals surface area (Å²) in [4.78, 5) is 34.1. The van der Waals surface area contributed by atoms with E-state index in [0.717, 1.165) is 29.3 Å². The summed E-state index contributed by atoms with van der Waals surface area (Å²) < 4.78 is 32.9. The van der Waals surface area contributed by atoms with E-state index in [1.54, 1.807) is 36.4 Å². The largest absolute Gasteiger partial charge is 1.00 e. The van der Waals surface area contributed by atoms with Gasteiger partial charge in [-0.2, -0.15) is 23.7 Å². The number of hydrogen-bond donors (Lipinski definition) is 4. The van der Waals surface area contributed by atoms with Gasteiger partial charge in [0.25, 0.3) is 10.1 Å². The van der Waals surface area contributed by atoms with Gasteiger partial charge in [-0.15, -0.1) is 5.11 Å². The Bertz CT molecular complexity index is 2020. The van der Waals surface area contributed by atoms with Crippen molar-refractivity contribution in [1.29, 1.82) is 0 Å². The minimum atomic E-state index is -4.38. The molecule has 0 saturated heterocycles. The van der Waals surface area contributed by atoms with Crippen LogP contribution < -0.4 is 64.5 Å². The number of rotatable bonds is 9. The molecule has 3 aromatic carbocycles. The Labute approximate surface area is 305 Å². The number of anilines is 1. The molecule has 14 nitrogen and oxygen atoms in total. The van der Waals surface area contributed by atoms with Crippen LogP contribution in [-0.4, -0.2) is 56.4 Å².